The molecule has 7 nitrogen and oxygen atoms in total. The Labute approximate surface area is 157 Å². The third-order valence-electron chi connectivity index (χ3n) is 3.56. The molecule has 1 heterocycles. The van der Waals surface area contributed by atoms with Crippen molar-refractivity contribution in [2.75, 3.05) is 23.8 Å². The molecule has 2 aromatic carbocycles. The maximum Gasteiger partial charge on any atom is 0.324 e. The summed E-state index contributed by atoms with van der Waals surface area (Å²) in [7, 11) is 0. The van der Waals surface area contributed by atoms with E-state index in [1.807, 2.05) is 48.5 Å². The van der Waals surface area contributed by atoms with Crippen LogP contribution in [0.2, 0.25) is 0 Å². The van der Waals surface area contributed by atoms with Gasteiger partial charge in [0, 0.05) is 11.8 Å². The summed E-state index contributed by atoms with van der Waals surface area (Å²) < 4.78 is 16.1. The largest absolute Gasteiger partial charge is 0.491 e. The van der Waals surface area contributed by atoms with Crippen molar-refractivity contribution in [2.24, 2.45) is 0 Å². The van der Waals surface area contributed by atoms with Crippen LogP contribution in [0.25, 0.3) is 0 Å². The highest BCUT2D eigenvalue weighted by Gasteiger charge is 2.06. The van der Waals surface area contributed by atoms with E-state index in [4.69, 9.17) is 14.0 Å². The highest BCUT2D eigenvalue weighted by Crippen LogP contribution is 2.13. The van der Waals surface area contributed by atoms with Crippen LogP contribution in [0.5, 0.6) is 5.75 Å². The second kappa shape index (κ2) is 9.40. The molecule has 0 unspecified atom stereocenters. The van der Waals surface area contributed by atoms with Crippen LogP contribution in [-0.2, 0) is 11.3 Å². The normalized spacial score (nSPS) is 10.4. The highest BCUT2D eigenvalue weighted by atomic mass is 16.5. The zero-order valence-corrected chi connectivity index (χ0v) is 15.0. The van der Waals surface area contributed by atoms with Gasteiger partial charge in [-0.3, -0.25) is 5.32 Å². The number of aromatic nitrogens is 1. The van der Waals surface area contributed by atoms with Crippen molar-refractivity contribution in [2.45, 2.75) is 13.5 Å². The van der Waals surface area contributed by atoms with Gasteiger partial charge in [0.25, 0.3) is 0 Å². The fourth-order valence-corrected chi connectivity index (χ4v) is 2.37. The number of urea groups is 1. The number of nitrogens with one attached hydrogen (secondary N) is 2. The number of aryl methyl sites for hydroxylation is 1. The van der Waals surface area contributed by atoms with E-state index in [1.165, 1.54) is 0 Å². The van der Waals surface area contributed by atoms with Crippen molar-refractivity contribution >= 4 is 17.5 Å². The van der Waals surface area contributed by atoms with Crippen LogP contribution < -0.4 is 15.4 Å². The highest BCUT2D eigenvalue weighted by molar-refractivity contribution is 5.99. The molecule has 0 spiro atoms. The van der Waals surface area contributed by atoms with Crippen LogP contribution in [0.4, 0.5) is 16.3 Å². The molecule has 0 fully saturated rings. The molecule has 0 saturated heterocycles. The molecule has 0 bridgehead atoms. The Hall–Kier alpha value is -3.32. The Morgan fingerprint density at radius 2 is 1.89 bits per heavy atom. The molecule has 0 aliphatic carbocycles. The molecular weight excluding hydrogens is 346 g/mol. The molecular formula is C20H21N3O4. The van der Waals surface area contributed by atoms with E-state index >= 15 is 0 Å². The standard InChI is InChI=1S/C20H21N3O4/c1-15-12-19(23-27-15)22-20(24)21-17-7-5-6-16(13-17)14-25-10-11-26-18-8-3-2-4-9-18/h2-9,12-13H,10-11,14H2,1H3,(H2,21,22,23,24). The first-order valence-electron chi connectivity index (χ1n) is 8.55. The lowest BCUT2D eigenvalue weighted by Gasteiger charge is -2.09. The topological polar surface area (TPSA) is 85.6 Å². The molecule has 27 heavy (non-hydrogen) atoms. The summed E-state index contributed by atoms with van der Waals surface area (Å²) in [6, 6.07) is 18.3. The second-order valence-corrected chi connectivity index (χ2v) is 5.82. The predicted octanol–water partition coefficient (Wildman–Crippen LogP) is 4.22. The van der Waals surface area contributed by atoms with Gasteiger partial charge < -0.3 is 19.3 Å². The van der Waals surface area contributed by atoms with Gasteiger partial charge in [-0.25, -0.2) is 4.79 Å². The SMILES string of the molecule is Cc1cc(NC(=O)Nc2cccc(COCCOc3ccccc3)c2)no1. The molecule has 2 N–H and O–H groups in total. The number of nitrogens with zero attached hydrogens (tertiary/aromatic N) is 1. The van der Waals surface area contributed by atoms with Crippen molar-refractivity contribution in [1.29, 1.82) is 0 Å². The number of para-hydroxylation sites is 1. The summed E-state index contributed by atoms with van der Waals surface area (Å²) in [5.74, 6) is 1.81. The fraction of sp³-hybridized carbons (Fsp3) is 0.200. The van der Waals surface area contributed by atoms with Gasteiger partial charge in [-0.15, -0.1) is 0 Å². The van der Waals surface area contributed by atoms with Gasteiger partial charge in [-0.1, -0.05) is 35.5 Å². The van der Waals surface area contributed by atoms with Crippen LogP contribution in [0.15, 0.2) is 65.2 Å². The average molecular weight is 367 g/mol. The Balaban J connectivity index is 1.41. The van der Waals surface area contributed by atoms with Crippen molar-refractivity contribution in [1.82, 2.24) is 5.16 Å². The van der Waals surface area contributed by atoms with Crippen molar-refractivity contribution in [3.05, 3.63) is 72.0 Å². The van der Waals surface area contributed by atoms with Gasteiger partial charge in [0.05, 0.1) is 13.2 Å². The molecule has 7 heteroatoms. The summed E-state index contributed by atoms with van der Waals surface area (Å²) >= 11 is 0. The van der Waals surface area contributed by atoms with Crippen LogP contribution in [0, 0.1) is 6.92 Å². The summed E-state index contributed by atoms with van der Waals surface area (Å²) in [4.78, 5) is 12.0. The lowest BCUT2D eigenvalue weighted by Crippen LogP contribution is -2.19. The van der Waals surface area contributed by atoms with Gasteiger partial charge in [-0.05, 0) is 36.8 Å². The number of hydrogen-bond acceptors (Lipinski definition) is 5. The van der Waals surface area contributed by atoms with Crippen molar-refractivity contribution in [3.8, 4) is 5.75 Å². The summed E-state index contributed by atoms with van der Waals surface area (Å²) in [5, 5.41) is 9.07. The third-order valence-corrected chi connectivity index (χ3v) is 3.56. The van der Waals surface area contributed by atoms with Gasteiger partial charge >= 0.3 is 6.03 Å². The van der Waals surface area contributed by atoms with Gasteiger partial charge in [0.2, 0.25) is 0 Å². The fourth-order valence-electron chi connectivity index (χ4n) is 2.37. The Bertz CT molecular complexity index is 864. The molecule has 140 valence electrons. The number of carbonyl (C=O) groups is 1. The number of ether oxygens (including phenoxy) is 2. The quantitative estimate of drug-likeness (QED) is 0.582. The molecule has 0 atom stereocenters. The number of carbonyl (C=O) groups excluding carboxylic acids is 1. The molecule has 0 aliphatic heterocycles. The first kappa shape index (κ1) is 18.5. The lowest BCUT2D eigenvalue weighted by atomic mass is 10.2. The smallest absolute Gasteiger partial charge is 0.324 e. The van der Waals surface area contributed by atoms with Gasteiger partial charge in [0.15, 0.2) is 5.82 Å². The molecule has 0 saturated carbocycles. The van der Waals surface area contributed by atoms with E-state index in [1.54, 1.807) is 19.1 Å². The van der Waals surface area contributed by atoms with Gasteiger partial charge in [-0.2, -0.15) is 0 Å². The number of rotatable bonds is 8. The van der Waals surface area contributed by atoms with E-state index in [0.29, 0.717) is 37.1 Å². The van der Waals surface area contributed by atoms with E-state index in [9.17, 15) is 4.79 Å². The maximum absolute atomic E-state index is 12.0. The van der Waals surface area contributed by atoms with Gasteiger partial charge in [0.1, 0.15) is 18.1 Å². The monoisotopic (exact) mass is 367 g/mol. The molecule has 1 aromatic heterocycles. The third kappa shape index (κ3) is 6.16. The Morgan fingerprint density at radius 1 is 1.04 bits per heavy atom. The van der Waals surface area contributed by atoms with Crippen LogP contribution >= 0.6 is 0 Å². The lowest BCUT2D eigenvalue weighted by molar-refractivity contribution is 0.0889. The molecule has 3 aromatic rings. The summed E-state index contributed by atoms with van der Waals surface area (Å²) in [5.41, 5.74) is 1.61. The average Bonchev–Trinajstić information content (AvgIpc) is 3.07. The minimum absolute atomic E-state index is 0.364. The Kier molecular flexibility index (Phi) is 6.43. The minimum atomic E-state index is -0.391. The van der Waals surface area contributed by atoms with Crippen LogP contribution in [-0.4, -0.2) is 24.4 Å². The first-order chi connectivity index (χ1) is 13.2. The number of anilines is 2. The summed E-state index contributed by atoms with van der Waals surface area (Å²) in [6.45, 7) is 3.13. The van der Waals surface area contributed by atoms with E-state index < -0.39 is 6.03 Å². The number of hydrogen-bond donors (Lipinski definition) is 2. The summed E-state index contributed by atoms with van der Waals surface area (Å²) in [6.07, 6.45) is 0. The predicted molar refractivity (Wildman–Crippen MR) is 102 cm³/mol. The second-order valence-electron chi connectivity index (χ2n) is 5.82. The minimum Gasteiger partial charge on any atom is -0.491 e. The molecule has 3 rings (SSSR count). The molecule has 0 aliphatic rings. The van der Waals surface area contributed by atoms with Crippen molar-refractivity contribution in [3.63, 3.8) is 0 Å². The van der Waals surface area contributed by atoms with E-state index in [2.05, 4.69) is 15.8 Å². The van der Waals surface area contributed by atoms with E-state index in [0.717, 1.165) is 11.3 Å². The molecule has 2 amide bonds. The maximum atomic E-state index is 12.0. The van der Waals surface area contributed by atoms with E-state index in [-0.39, 0.29) is 0 Å². The first-order valence-corrected chi connectivity index (χ1v) is 8.55. The molecule has 0 radical (unpaired) electrons. The number of benzene rings is 2. The van der Waals surface area contributed by atoms with Crippen LogP contribution in [0.1, 0.15) is 11.3 Å². The zero-order valence-electron chi connectivity index (χ0n) is 15.0. The zero-order chi connectivity index (χ0) is 18.9. The van der Waals surface area contributed by atoms with Crippen molar-refractivity contribution < 1.29 is 18.8 Å². The Morgan fingerprint density at radius 3 is 2.67 bits per heavy atom. The van der Waals surface area contributed by atoms with Crippen LogP contribution in [0.3, 0.4) is 0 Å². The number of amides is 2.